The molecule has 1 aromatic heterocycles. The topological polar surface area (TPSA) is 78.8 Å². The molecule has 5 nitrogen and oxygen atoms in total. The number of nitrogens with two attached hydrogens (primary N) is 1. The first-order valence-corrected chi connectivity index (χ1v) is 4.53. The number of hydrogen-bond acceptors (Lipinski definition) is 5. The second-order valence-corrected chi connectivity index (χ2v) is 3.34. The van der Waals surface area contributed by atoms with Crippen LogP contribution < -0.4 is 10.6 Å². The summed E-state index contributed by atoms with van der Waals surface area (Å²) < 4.78 is 0. The summed E-state index contributed by atoms with van der Waals surface area (Å²) >= 11 is 0. The lowest BCUT2D eigenvalue weighted by Gasteiger charge is -2.16. The molecule has 6 heteroatoms. The Morgan fingerprint density at radius 3 is 2.80 bits per heavy atom. The standard InChI is InChI=1S/C9H11N5.ClH/c10-5-8-9(13-3-2-12-8)14-4-1-7(11)6-14;/h2-3,7H,1,4,6,11H2;1H. The second kappa shape index (κ2) is 4.91. The Morgan fingerprint density at radius 2 is 2.20 bits per heavy atom. The van der Waals surface area contributed by atoms with E-state index in [0.29, 0.717) is 11.5 Å². The summed E-state index contributed by atoms with van der Waals surface area (Å²) in [6.45, 7) is 1.61. The van der Waals surface area contributed by atoms with Crippen LogP contribution in [0.1, 0.15) is 12.1 Å². The van der Waals surface area contributed by atoms with Crippen molar-refractivity contribution in [1.82, 2.24) is 9.97 Å². The molecule has 1 aromatic rings. The van der Waals surface area contributed by atoms with E-state index in [2.05, 4.69) is 9.97 Å². The monoisotopic (exact) mass is 225 g/mol. The molecule has 0 aromatic carbocycles. The van der Waals surface area contributed by atoms with Crippen molar-refractivity contribution in [2.45, 2.75) is 12.5 Å². The van der Waals surface area contributed by atoms with E-state index >= 15 is 0 Å². The molecular formula is C9H12ClN5. The first-order chi connectivity index (χ1) is 6.81. The Kier molecular flexibility index (Phi) is 3.83. The molecule has 15 heavy (non-hydrogen) atoms. The Morgan fingerprint density at radius 1 is 1.47 bits per heavy atom. The molecule has 0 bridgehead atoms. The Labute approximate surface area is 94.3 Å². The van der Waals surface area contributed by atoms with Gasteiger partial charge in [0, 0.05) is 31.5 Å². The predicted octanol–water partition coefficient (Wildman–Crippen LogP) is 0.307. The lowest BCUT2D eigenvalue weighted by molar-refractivity contribution is 0.751. The van der Waals surface area contributed by atoms with Gasteiger partial charge in [0.15, 0.2) is 11.5 Å². The molecule has 0 amide bonds. The van der Waals surface area contributed by atoms with E-state index in [4.69, 9.17) is 11.0 Å². The number of halogens is 1. The summed E-state index contributed by atoms with van der Waals surface area (Å²) in [7, 11) is 0. The minimum Gasteiger partial charge on any atom is -0.353 e. The van der Waals surface area contributed by atoms with Crippen molar-refractivity contribution < 1.29 is 0 Å². The van der Waals surface area contributed by atoms with Gasteiger partial charge in [-0.3, -0.25) is 0 Å². The SMILES string of the molecule is Cl.N#Cc1nccnc1N1CCC(N)C1. The van der Waals surface area contributed by atoms with Crippen molar-refractivity contribution in [1.29, 1.82) is 5.26 Å². The zero-order valence-electron chi connectivity index (χ0n) is 8.13. The third kappa shape index (κ3) is 2.35. The summed E-state index contributed by atoms with van der Waals surface area (Å²) in [6.07, 6.45) is 4.07. The molecule has 2 N–H and O–H groups in total. The highest BCUT2D eigenvalue weighted by Gasteiger charge is 2.22. The zero-order valence-corrected chi connectivity index (χ0v) is 8.94. The molecule has 1 aliphatic heterocycles. The van der Waals surface area contributed by atoms with Crippen LogP contribution >= 0.6 is 12.4 Å². The van der Waals surface area contributed by atoms with E-state index in [1.54, 1.807) is 6.20 Å². The van der Waals surface area contributed by atoms with Gasteiger partial charge in [0.1, 0.15) is 6.07 Å². The molecule has 1 saturated heterocycles. The third-order valence-corrected chi connectivity index (χ3v) is 2.31. The summed E-state index contributed by atoms with van der Waals surface area (Å²) in [5.74, 6) is 0.656. The summed E-state index contributed by atoms with van der Waals surface area (Å²) in [5.41, 5.74) is 6.16. The van der Waals surface area contributed by atoms with E-state index in [9.17, 15) is 0 Å². The maximum absolute atomic E-state index is 8.83. The van der Waals surface area contributed by atoms with Crippen LogP contribution in [0.3, 0.4) is 0 Å². The average molecular weight is 226 g/mol. The smallest absolute Gasteiger partial charge is 0.183 e. The van der Waals surface area contributed by atoms with Crippen molar-refractivity contribution in [3.63, 3.8) is 0 Å². The van der Waals surface area contributed by atoms with Crippen LogP contribution in [0, 0.1) is 11.3 Å². The minimum atomic E-state index is 0. The van der Waals surface area contributed by atoms with Gasteiger partial charge in [0.2, 0.25) is 0 Å². The fourth-order valence-electron chi connectivity index (χ4n) is 1.62. The third-order valence-electron chi connectivity index (χ3n) is 2.31. The fourth-order valence-corrected chi connectivity index (χ4v) is 1.62. The zero-order chi connectivity index (χ0) is 9.97. The highest BCUT2D eigenvalue weighted by molar-refractivity contribution is 5.85. The van der Waals surface area contributed by atoms with Crippen molar-refractivity contribution >= 4 is 18.2 Å². The van der Waals surface area contributed by atoms with Crippen LogP contribution in [0.2, 0.25) is 0 Å². The molecule has 1 atom stereocenters. The fraction of sp³-hybridized carbons (Fsp3) is 0.444. The molecule has 2 rings (SSSR count). The first-order valence-electron chi connectivity index (χ1n) is 4.53. The molecular weight excluding hydrogens is 214 g/mol. The van der Waals surface area contributed by atoms with Crippen LogP contribution in [-0.4, -0.2) is 29.1 Å². The molecule has 1 unspecified atom stereocenters. The van der Waals surface area contributed by atoms with Crippen molar-refractivity contribution in [3.05, 3.63) is 18.1 Å². The number of nitriles is 1. The van der Waals surface area contributed by atoms with Gasteiger partial charge < -0.3 is 10.6 Å². The van der Waals surface area contributed by atoms with Crippen LogP contribution in [0.15, 0.2) is 12.4 Å². The number of nitrogens with zero attached hydrogens (tertiary/aromatic N) is 4. The Hall–Kier alpha value is -1.38. The lowest BCUT2D eigenvalue weighted by atomic mass is 10.3. The number of rotatable bonds is 1. The van der Waals surface area contributed by atoms with Gasteiger partial charge in [-0.2, -0.15) is 5.26 Å². The van der Waals surface area contributed by atoms with E-state index in [0.717, 1.165) is 19.5 Å². The predicted molar refractivity (Wildman–Crippen MR) is 58.8 cm³/mol. The molecule has 80 valence electrons. The molecule has 1 fully saturated rings. The summed E-state index contributed by atoms with van der Waals surface area (Å²) in [5, 5.41) is 8.83. The van der Waals surface area contributed by atoms with Gasteiger partial charge in [0.25, 0.3) is 0 Å². The van der Waals surface area contributed by atoms with E-state index in [1.807, 2.05) is 11.0 Å². The molecule has 0 spiro atoms. The van der Waals surface area contributed by atoms with Crippen molar-refractivity contribution in [2.75, 3.05) is 18.0 Å². The molecule has 0 saturated carbocycles. The van der Waals surface area contributed by atoms with E-state index in [-0.39, 0.29) is 18.4 Å². The summed E-state index contributed by atoms with van der Waals surface area (Å²) in [4.78, 5) is 10.1. The van der Waals surface area contributed by atoms with Gasteiger partial charge in [0.05, 0.1) is 0 Å². The number of aromatic nitrogens is 2. The quantitative estimate of drug-likeness (QED) is 0.744. The Balaban J connectivity index is 0.00000112. The van der Waals surface area contributed by atoms with Gasteiger partial charge in [-0.25, -0.2) is 9.97 Å². The largest absolute Gasteiger partial charge is 0.353 e. The normalized spacial score (nSPS) is 19.5. The van der Waals surface area contributed by atoms with Gasteiger partial charge in [-0.15, -0.1) is 12.4 Å². The van der Waals surface area contributed by atoms with Crippen molar-refractivity contribution in [2.24, 2.45) is 5.73 Å². The molecule has 1 aliphatic rings. The lowest BCUT2D eigenvalue weighted by Crippen LogP contribution is -2.27. The van der Waals surface area contributed by atoms with Gasteiger partial charge in [-0.1, -0.05) is 0 Å². The van der Waals surface area contributed by atoms with E-state index in [1.165, 1.54) is 6.20 Å². The van der Waals surface area contributed by atoms with Gasteiger partial charge in [-0.05, 0) is 6.42 Å². The van der Waals surface area contributed by atoms with Gasteiger partial charge >= 0.3 is 0 Å². The summed E-state index contributed by atoms with van der Waals surface area (Å²) in [6, 6.07) is 2.22. The molecule has 0 aliphatic carbocycles. The maximum Gasteiger partial charge on any atom is 0.183 e. The van der Waals surface area contributed by atoms with Crippen LogP contribution in [0.5, 0.6) is 0 Å². The van der Waals surface area contributed by atoms with E-state index < -0.39 is 0 Å². The maximum atomic E-state index is 8.83. The van der Waals surface area contributed by atoms with Crippen LogP contribution in [-0.2, 0) is 0 Å². The van der Waals surface area contributed by atoms with Crippen molar-refractivity contribution in [3.8, 4) is 6.07 Å². The highest BCUT2D eigenvalue weighted by Crippen LogP contribution is 2.18. The number of hydrogen-bond donors (Lipinski definition) is 1. The molecule has 0 radical (unpaired) electrons. The molecule has 2 heterocycles. The second-order valence-electron chi connectivity index (χ2n) is 3.34. The highest BCUT2D eigenvalue weighted by atomic mass is 35.5. The Bertz CT molecular complexity index is 375. The first kappa shape index (κ1) is 11.7. The minimum absolute atomic E-state index is 0. The van der Waals surface area contributed by atoms with Crippen LogP contribution in [0.25, 0.3) is 0 Å². The van der Waals surface area contributed by atoms with Crippen LogP contribution in [0.4, 0.5) is 5.82 Å². The number of anilines is 1. The average Bonchev–Trinajstić information content (AvgIpc) is 2.65.